The van der Waals surface area contributed by atoms with Crippen LogP contribution in [0.4, 0.5) is 10.1 Å². The number of nitro benzene ring substituents is 1. The number of nitrogens with one attached hydrogen (secondary N) is 1. The van der Waals surface area contributed by atoms with Gasteiger partial charge in [0.2, 0.25) is 10.0 Å². The third kappa shape index (κ3) is 3.69. The molecule has 19 heavy (non-hydrogen) atoms. The van der Waals surface area contributed by atoms with Gasteiger partial charge in [0.05, 0.1) is 18.1 Å². The first-order valence-corrected chi connectivity index (χ1v) is 6.26. The van der Waals surface area contributed by atoms with Crippen LogP contribution in [-0.2, 0) is 19.6 Å². The third-order valence-electron chi connectivity index (χ3n) is 2.04. The lowest BCUT2D eigenvalue weighted by Crippen LogP contribution is -2.30. The normalized spacial score (nSPS) is 11.1. The van der Waals surface area contributed by atoms with Crippen LogP contribution in [0.25, 0.3) is 0 Å². The Morgan fingerprint density at radius 3 is 2.68 bits per heavy atom. The topological polar surface area (TPSA) is 116 Å². The molecule has 10 heteroatoms. The van der Waals surface area contributed by atoms with Gasteiger partial charge in [-0.25, -0.2) is 12.8 Å². The van der Waals surface area contributed by atoms with Crippen LogP contribution in [0.2, 0.25) is 0 Å². The summed E-state index contributed by atoms with van der Waals surface area (Å²) in [6, 6.07) is 1.99. The molecule has 1 aromatic rings. The predicted molar refractivity (Wildman–Crippen MR) is 60.3 cm³/mol. The molecule has 0 saturated carbocycles. The van der Waals surface area contributed by atoms with Gasteiger partial charge >= 0.3 is 5.97 Å². The molecule has 0 heterocycles. The number of ether oxygens (including phenoxy) is 1. The van der Waals surface area contributed by atoms with Crippen LogP contribution >= 0.6 is 0 Å². The first-order chi connectivity index (χ1) is 8.77. The summed E-state index contributed by atoms with van der Waals surface area (Å²) < 4.78 is 42.4. The molecular formula is C9H9FN2O6S. The summed E-state index contributed by atoms with van der Waals surface area (Å²) in [6.07, 6.45) is 0. The molecule has 0 amide bonds. The van der Waals surface area contributed by atoms with E-state index in [2.05, 4.69) is 4.74 Å². The highest BCUT2D eigenvalue weighted by Crippen LogP contribution is 2.24. The van der Waals surface area contributed by atoms with Crippen molar-refractivity contribution < 1.29 is 27.3 Å². The molecule has 0 radical (unpaired) electrons. The third-order valence-corrected chi connectivity index (χ3v) is 3.49. The van der Waals surface area contributed by atoms with Gasteiger partial charge in [0.25, 0.3) is 5.69 Å². The van der Waals surface area contributed by atoms with E-state index in [4.69, 9.17) is 0 Å². The first-order valence-electron chi connectivity index (χ1n) is 4.78. The zero-order valence-electron chi connectivity index (χ0n) is 9.62. The number of hydrogen-bond donors (Lipinski definition) is 1. The van der Waals surface area contributed by atoms with E-state index in [0.29, 0.717) is 6.07 Å². The maximum absolute atomic E-state index is 12.9. The average molecular weight is 292 g/mol. The Morgan fingerprint density at radius 2 is 2.16 bits per heavy atom. The zero-order chi connectivity index (χ0) is 14.6. The molecule has 0 saturated heterocycles. The number of benzene rings is 1. The minimum Gasteiger partial charge on any atom is -0.468 e. The number of esters is 1. The average Bonchev–Trinajstić information content (AvgIpc) is 2.35. The van der Waals surface area contributed by atoms with E-state index in [1.807, 2.05) is 4.72 Å². The molecule has 1 N–H and O–H groups in total. The highest BCUT2D eigenvalue weighted by molar-refractivity contribution is 7.89. The van der Waals surface area contributed by atoms with Crippen molar-refractivity contribution in [2.24, 2.45) is 0 Å². The van der Waals surface area contributed by atoms with Gasteiger partial charge in [-0.2, -0.15) is 4.72 Å². The van der Waals surface area contributed by atoms with E-state index in [9.17, 15) is 27.7 Å². The van der Waals surface area contributed by atoms with Crippen molar-refractivity contribution in [1.82, 2.24) is 4.72 Å². The van der Waals surface area contributed by atoms with E-state index in [0.717, 1.165) is 19.2 Å². The number of nitro groups is 1. The zero-order valence-corrected chi connectivity index (χ0v) is 10.4. The maximum Gasteiger partial charge on any atom is 0.320 e. The van der Waals surface area contributed by atoms with Crippen molar-refractivity contribution in [3.8, 4) is 0 Å². The Morgan fingerprint density at radius 1 is 1.53 bits per heavy atom. The lowest BCUT2D eigenvalue weighted by atomic mass is 10.3. The van der Waals surface area contributed by atoms with E-state index in [1.165, 1.54) is 0 Å². The number of nitrogens with zero attached hydrogens (tertiary/aromatic N) is 1. The monoisotopic (exact) mass is 292 g/mol. The summed E-state index contributed by atoms with van der Waals surface area (Å²) >= 11 is 0. The number of rotatable bonds is 5. The second kappa shape index (κ2) is 5.71. The number of carbonyl (C=O) groups excluding carboxylic acids is 1. The van der Waals surface area contributed by atoms with Gasteiger partial charge in [-0.1, -0.05) is 0 Å². The summed E-state index contributed by atoms with van der Waals surface area (Å²) in [5.41, 5.74) is -0.919. The summed E-state index contributed by atoms with van der Waals surface area (Å²) in [7, 11) is -3.26. The molecule has 0 atom stereocenters. The molecule has 1 aromatic carbocycles. The van der Waals surface area contributed by atoms with Crippen LogP contribution < -0.4 is 4.72 Å². The predicted octanol–water partition coefficient (Wildman–Crippen LogP) is 0.185. The van der Waals surface area contributed by atoms with Crippen LogP contribution in [0.3, 0.4) is 0 Å². The van der Waals surface area contributed by atoms with E-state index >= 15 is 0 Å². The Bertz CT molecular complexity index is 615. The standard InChI is InChI=1S/C9H9FN2O6S/c1-18-9(13)5-11-19(16,17)8-3-2-6(10)4-7(8)12(14)15/h2-4,11H,5H2,1H3. The van der Waals surface area contributed by atoms with Crippen molar-refractivity contribution in [2.75, 3.05) is 13.7 Å². The summed E-state index contributed by atoms with van der Waals surface area (Å²) in [5, 5.41) is 10.7. The number of sulfonamides is 1. The van der Waals surface area contributed by atoms with Crippen molar-refractivity contribution in [3.05, 3.63) is 34.1 Å². The van der Waals surface area contributed by atoms with Crippen LogP contribution in [0.15, 0.2) is 23.1 Å². The molecule has 0 spiro atoms. The number of halogens is 1. The lowest BCUT2D eigenvalue weighted by Gasteiger charge is -2.06. The fourth-order valence-electron chi connectivity index (χ4n) is 1.16. The molecule has 0 aliphatic heterocycles. The maximum atomic E-state index is 12.9. The summed E-state index contributed by atoms with van der Waals surface area (Å²) in [6.45, 7) is -0.687. The van der Waals surface area contributed by atoms with Gasteiger partial charge in [0, 0.05) is 0 Å². The smallest absolute Gasteiger partial charge is 0.320 e. The quantitative estimate of drug-likeness (QED) is 0.470. The fraction of sp³-hybridized carbons (Fsp3) is 0.222. The Balaban J connectivity index is 3.14. The molecule has 1 rings (SSSR count). The van der Waals surface area contributed by atoms with Crippen molar-refractivity contribution >= 4 is 21.7 Å². The molecule has 104 valence electrons. The molecule has 0 aromatic heterocycles. The highest BCUT2D eigenvalue weighted by atomic mass is 32.2. The van der Waals surface area contributed by atoms with Crippen LogP contribution in [0.1, 0.15) is 0 Å². The molecule has 0 unspecified atom stereocenters. The number of hydrogen-bond acceptors (Lipinski definition) is 6. The molecule has 8 nitrogen and oxygen atoms in total. The SMILES string of the molecule is COC(=O)CNS(=O)(=O)c1ccc(F)cc1[N+](=O)[O-]. The Kier molecular flexibility index (Phi) is 4.51. The van der Waals surface area contributed by atoms with Gasteiger partial charge in [0.1, 0.15) is 12.4 Å². The van der Waals surface area contributed by atoms with Crippen molar-refractivity contribution in [2.45, 2.75) is 4.90 Å². The Hall–Kier alpha value is -2.07. The Labute approximate surface area is 107 Å². The van der Waals surface area contributed by atoms with E-state index in [-0.39, 0.29) is 0 Å². The van der Waals surface area contributed by atoms with Crippen molar-refractivity contribution in [1.29, 1.82) is 0 Å². The van der Waals surface area contributed by atoms with E-state index in [1.54, 1.807) is 0 Å². The molecule has 0 bridgehead atoms. The molecule has 0 aliphatic rings. The van der Waals surface area contributed by atoms with Gasteiger partial charge in [-0.15, -0.1) is 0 Å². The second-order valence-electron chi connectivity index (χ2n) is 3.27. The van der Waals surface area contributed by atoms with Crippen LogP contribution in [-0.4, -0.2) is 33.0 Å². The second-order valence-corrected chi connectivity index (χ2v) is 5.01. The van der Waals surface area contributed by atoms with Gasteiger partial charge in [0.15, 0.2) is 4.90 Å². The largest absolute Gasteiger partial charge is 0.468 e. The van der Waals surface area contributed by atoms with Gasteiger partial charge < -0.3 is 4.74 Å². The van der Waals surface area contributed by atoms with E-state index < -0.39 is 43.9 Å². The highest BCUT2D eigenvalue weighted by Gasteiger charge is 2.26. The van der Waals surface area contributed by atoms with Gasteiger partial charge in [-0.05, 0) is 12.1 Å². The minimum atomic E-state index is -4.32. The fourth-order valence-corrected chi connectivity index (χ4v) is 2.28. The molecule has 0 aliphatic carbocycles. The first kappa shape index (κ1) is 15.0. The van der Waals surface area contributed by atoms with Crippen LogP contribution in [0.5, 0.6) is 0 Å². The minimum absolute atomic E-state index is 0.479. The summed E-state index contributed by atoms with van der Waals surface area (Å²) in [4.78, 5) is 19.7. The van der Waals surface area contributed by atoms with Gasteiger partial charge in [-0.3, -0.25) is 14.9 Å². The van der Waals surface area contributed by atoms with Crippen LogP contribution in [0, 0.1) is 15.9 Å². The van der Waals surface area contributed by atoms with Crippen molar-refractivity contribution in [3.63, 3.8) is 0 Å². The summed E-state index contributed by atoms with van der Waals surface area (Å²) in [5.74, 6) is -1.81. The number of carbonyl (C=O) groups is 1. The molecule has 0 fully saturated rings. The molecular weight excluding hydrogens is 283 g/mol. The lowest BCUT2D eigenvalue weighted by molar-refractivity contribution is -0.388. The number of methoxy groups -OCH3 is 1.